The van der Waals surface area contributed by atoms with Gasteiger partial charge in [0.05, 0.1) is 24.4 Å². The lowest BCUT2D eigenvalue weighted by Gasteiger charge is -2.46. The Kier molecular flexibility index (Phi) is 8.58. The Morgan fingerprint density at radius 3 is 1.83 bits per heavy atom. The second-order valence-electron chi connectivity index (χ2n) is 17.4. The molecule has 2 unspecified atom stereocenters. The monoisotopic (exact) mass is 618 g/mol. The fourth-order valence-corrected chi connectivity index (χ4v) is 17.6. The van der Waals surface area contributed by atoms with Crippen molar-refractivity contribution in [1.82, 2.24) is 9.13 Å². The first-order valence-electron chi connectivity index (χ1n) is 16.4. The summed E-state index contributed by atoms with van der Waals surface area (Å²) >= 11 is 0. The fraction of sp³-hybridized carbons (Fsp3) is 0.848. The first-order valence-corrected chi connectivity index (χ1v) is 24.4. The van der Waals surface area contributed by atoms with E-state index in [9.17, 15) is 4.79 Å². The number of hydrogen-bond donors (Lipinski definition) is 0. The molecule has 4 rings (SSSR count). The zero-order valence-corrected chi connectivity index (χ0v) is 32.4. The number of ketones is 1. The van der Waals surface area contributed by atoms with Crippen molar-refractivity contribution in [2.24, 2.45) is 0 Å². The van der Waals surface area contributed by atoms with Crippen molar-refractivity contribution in [3.63, 3.8) is 0 Å². The van der Waals surface area contributed by atoms with Crippen molar-refractivity contribution < 1.29 is 13.6 Å². The van der Waals surface area contributed by atoms with Crippen LogP contribution < -0.4 is 0 Å². The van der Waals surface area contributed by atoms with Crippen molar-refractivity contribution in [2.45, 2.75) is 180 Å². The first-order chi connectivity index (χ1) is 18.5. The van der Waals surface area contributed by atoms with Gasteiger partial charge in [-0.1, -0.05) is 83.1 Å². The molecule has 1 aromatic rings. The largest absolute Gasteiger partial charge is 0.412 e. The summed E-state index contributed by atoms with van der Waals surface area (Å²) in [6, 6.07) is 0.939. The molecule has 0 radical (unpaired) electrons. The molecule has 234 valence electrons. The number of fused-ring (bicyclic) bond motifs is 5. The van der Waals surface area contributed by atoms with Crippen molar-refractivity contribution >= 4 is 30.7 Å². The molecule has 1 saturated heterocycles. The summed E-state index contributed by atoms with van der Waals surface area (Å²) in [4.78, 5) is 13.7. The molecular weight excluding hydrogens is 557 g/mol. The Hall–Kier alpha value is -0.519. The summed E-state index contributed by atoms with van der Waals surface area (Å²) in [6.07, 6.45) is 1.35. The van der Waals surface area contributed by atoms with Gasteiger partial charge in [0.1, 0.15) is 8.24 Å². The number of aromatic nitrogens is 1. The van der Waals surface area contributed by atoms with Gasteiger partial charge in [-0.2, -0.15) is 0 Å². The summed E-state index contributed by atoms with van der Waals surface area (Å²) in [7, 11) is -5.85. The topological polar surface area (TPSA) is 43.5 Å². The van der Waals surface area contributed by atoms with Crippen LogP contribution in [0.1, 0.15) is 135 Å². The maximum Gasteiger partial charge on any atom is 0.192 e. The van der Waals surface area contributed by atoms with Gasteiger partial charge in [0.15, 0.2) is 22.4 Å². The summed E-state index contributed by atoms with van der Waals surface area (Å²) in [5.41, 5.74) is 6.88. The zero-order valence-electron chi connectivity index (χ0n) is 29.4. The molecule has 0 aromatic carbocycles. The van der Waals surface area contributed by atoms with E-state index in [1.165, 1.54) is 16.8 Å². The Morgan fingerprint density at radius 1 is 0.854 bits per heavy atom. The Labute approximate surface area is 255 Å². The molecule has 0 amide bonds. The third-order valence-electron chi connectivity index (χ3n) is 12.1. The molecule has 0 N–H and O–H groups in total. The van der Waals surface area contributed by atoms with E-state index in [0.29, 0.717) is 47.5 Å². The van der Waals surface area contributed by atoms with Crippen LogP contribution in [0.25, 0.3) is 0 Å². The van der Waals surface area contributed by atoms with Crippen molar-refractivity contribution in [1.29, 1.82) is 0 Å². The number of rotatable bonds is 9. The van der Waals surface area contributed by atoms with E-state index >= 15 is 0 Å². The first kappa shape index (κ1) is 33.4. The van der Waals surface area contributed by atoms with Gasteiger partial charge in [-0.3, -0.25) is 4.79 Å². The van der Waals surface area contributed by atoms with E-state index in [-0.39, 0.29) is 16.2 Å². The second-order valence-corrected chi connectivity index (χ2v) is 32.7. The van der Waals surface area contributed by atoms with E-state index in [2.05, 4.69) is 118 Å². The summed E-state index contributed by atoms with van der Waals surface area (Å²) in [5.74, 6) is 0.308. The van der Waals surface area contributed by atoms with Gasteiger partial charge in [0, 0.05) is 35.8 Å². The molecule has 1 aliphatic carbocycles. The van der Waals surface area contributed by atoms with E-state index in [1.54, 1.807) is 0 Å². The minimum atomic E-state index is -2.05. The third-order valence-corrected chi connectivity index (χ3v) is 28.1. The highest BCUT2D eigenvalue weighted by molar-refractivity contribution is 6.81. The van der Waals surface area contributed by atoms with Gasteiger partial charge >= 0.3 is 0 Å². The standard InChI is InChI=1S/C33H62N2O3Si3/c1-21(2)41(22(3)4,23(5)6)35-25-19-34-29(30(25)35)24(20-37-39(13,14)32(7,8)9)28-27(18-17-26(36)31(28)34)38-40(15,16)33(10,11)12/h21-23,25,27,30H,17-20H2,1-16H3/t25-,27?,30-,35?/m0/s1. The molecule has 1 aromatic heterocycles. The lowest BCUT2D eigenvalue weighted by atomic mass is 9.90. The fourth-order valence-electron chi connectivity index (χ4n) is 8.07. The zero-order chi connectivity index (χ0) is 31.2. The minimum absolute atomic E-state index is 0.0207. The number of nitrogens with zero attached hydrogens (tertiary/aromatic N) is 2. The van der Waals surface area contributed by atoms with Crippen LogP contribution in [0.5, 0.6) is 0 Å². The van der Waals surface area contributed by atoms with Gasteiger partial charge < -0.3 is 18.0 Å². The number of carbonyl (C=O) groups excluding carboxylic acids is 1. The molecule has 8 heteroatoms. The predicted octanol–water partition coefficient (Wildman–Crippen LogP) is 9.96. The molecular formula is C33H62N2O3Si3. The van der Waals surface area contributed by atoms with Crippen LogP contribution in [0.15, 0.2) is 0 Å². The van der Waals surface area contributed by atoms with Crippen LogP contribution >= 0.6 is 0 Å². The molecule has 1 fully saturated rings. The molecule has 3 aliphatic rings. The highest BCUT2D eigenvalue weighted by Crippen LogP contribution is 2.63. The van der Waals surface area contributed by atoms with Crippen molar-refractivity contribution in [3.05, 3.63) is 22.5 Å². The highest BCUT2D eigenvalue weighted by Gasteiger charge is 2.67. The second kappa shape index (κ2) is 10.5. The third kappa shape index (κ3) is 5.18. The molecule has 2 aliphatic heterocycles. The highest BCUT2D eigenvalue weighted by atomic mass is 28.4. The van der Waals surface area contributed by atoms with E-state index in [0.717, 1.165) is 18.7 Å². The Bertz CT molecular complexity index is 1150. The van der Waals surface area contributed by atoms with E-state index in [4.69, 9.17) is 8.85 Å². The normalized spacial score (nSPS) is 25.3. The van der Waals surface area contributed by atoms with E-state index < -0.39 is 24.9 Å². The van der Waals surface area contributed by atoms with Crippen molar-refractivity contribution in [3.8, 4) is 0 Å². The smallest absolute Gasteiger partial charge is 0.192 e. The van der Waals surface area contributed by atoms with Crippen LogP contribution in [0.2, 0.25) is 52.9 Å². The SMILES string of the molecule is CC(C)[Si](C(C)C)(C(C)C)N1[C@@H]2c3c(CO[Si](C)(C)C(C)(C)C)c4c(n3C[C@@H]21)C(=O)CCC4O[Si](C)(C)C(C)(C)C. The summed E-state index contributed by atoms with van der Waals surface area (Å²) in [5, 5.41) is 0.246. The molecule has 0 spiro atoms. The van der Waals surface area contributed by atoms with Crippen LogP contribution in [0.4, 0.5) is 0 Å². The van der Waals surface area contributed by atoms with Gasteiger partial charge in [-0.15, -0.1) is 0 Å². The van der Waals surface area contributed by atoms with Crippen LogP contribution in [0.3, 0.4) is 0 Å². The summed E-state index contributed by atoms with van der Waals surface area (Å²) < 4.78 is 19.6. The average molecular weight is 619 g/mol. The minimum Gasteiger partial charge on any atom is -0.412 e. The van der Waals surface area contributed by atoms with Crippen LogP contribution in [-0.2, 0) is 22.0 Å². The quantitative estimate of drug-likeness (QED) is 0.204. The van der Waals surface area contributed by atoms with Gasteiger partial charge in [0.2, 0.25) is 0 Å². The average Bonchev–Trinajstić information content (AvgIpc) is 3.17. The van der Waals surface area contributed by atoms with Gasteiger partial charge in [-0.25, -0.2) is 0 Å². The van der Waals surface area contributed by atoms with Gasteiger partial charge in [-0.05, 0) is 59.3 Å². The van der Waals surface area contributed by atoms with Crippen molar-refractivity contribution in [2.75, 3.05) is 0 Å². The Morgan fingerprint density at radius 2 is 1.37 bits per heavy atom. The maximum absolute atomic E-state index is 13.7. The molecule has 0 bridgehead atoms. The lowest BCUT2D eigenvalue weighted by Crippen LogP contribution is -2.54. The van der Waals surface area contributed by atoms with Crippen LogP contribution in [-0.4, -0.2) is 45.8 Å². The molecule has 0 saturated carbocycles. The number of carbonyl (C=O) groups is 1. The van der Waals surface area contributed by atoms with Gasteiger partial charge in [0.25, 0.3) is 0 Å². The maximum atomic E-state index is 13.7. The molecule has 3 heterocycles. The lowest BCUT2D eigenvalue weighted by molar-refractivity contribution is 0.0894. The Balaban J connectivity index is 1.87. The number of Topliss-reactive ketones (excluding diaryl/α,β-unsaturated/α-hetero) is 1. The van der Waals surface area contributed by atoms with Crippen LogP contribution in [0, 0.1) is 0 Å². The number of hydrogen-bond acceptors (Lipinski definition) is 4. The predicted molar refractivity (Wildman–Crippen MR) is 180 cm³/mol. The summed E-state index contributed by atoms with van der Waals surface area (Å²) in [6.45, 7) is 39.7. The van der Waals surface area contributed by atoms with E-state index in [1.807, 2.05) is 0 Å². The molecule has 4 atom stereocenters. The molecule has 41 heavy (non-hydrogen) atoms. The molecule has 5 nitrogen and oxygen atoms in total.